The molecule has 1 N–H and O–H groups in total. The van der Waals surface area contributed by atoms with Crippen LogP contribution in [0.5, 0.6) is 0 Å². The first-order chi connectivity index (χ1) is 14.2. The molecule has 6 nitrogen and oxygen atoms in total. The highest BCUT2D eigenvalue weighted by Gasteiger charge is 2.23. The lowest BCUT2D eigenvalue weighted by Gasteiger charge is -2.31. The summed E-state index contributed by atoms with van der Waals surface area (Å²) in [6.07, 6.45) is 9.00. The van der Waals surface area contributed by atoms with Crippen molar-refractivity contribution >= 4 is 17.5 Å². The zero-order valence-corrected chi connectivity index (χ0v) is 16.8. The van der Waals surface area contributed by atoms with E-state index in [4.69, 9.17) is 0 Å². The summed E-state index contributed by atoms with van der Waals surface area (Å²) in [6.45, 7) is 3.96. The van der Waals surface area contributed by atoms with Crippen molar-refractivity contribution in [2.24, 2.45) is 0 Å². The van der Waals surface area contributed by atoms with E-state index < -0.39 is 0 Å². The Morgan fingerprint density at radius 2 is 1.69 bits per heavy atom. The number of benzene rings is 1. The van der Waals surface area contributed by atoms with Crippen molar-refractivity contribution in [3.63, 3.8) is 0 Å². The summed E-state index contributed by atoms with van der Waals surface area (Å²) in [6, 6.07) is 9.38. The minimum atomic E-state index is -0.155. The maximum absolute atomic E-state index is 12.8. The van der Waals surface area contributed by atoms with Gasteiger partial charge in [0.1, 0.15) is 0 Å². The molecule has 0 radical (unpaired) electrons. The van der Waals surface area contributed by atoms with E-state index in [-0.39, 0.29) is 11.8 Å². The number of nitrogens with zero attached hydrogens (tertiary/aromatic N) is 3. The van der Waals surface area contributed by atoms with Crippen molar-refractivity contribution in [2.75, 3.05) is 31.5 Å². The Balaban J connectivity index is 1.39. The van der Waals surface area contributed by atoms with E-state index in [0.29, 0.717) is 18.7 Å². The van der Waals surface area contributed by atoms with Crippen molar-refractivity contribution in [2.45, 2.75) is 38.6 Å². The molecule has 2 aliphatic rings. The first kappa shape index (κ1) is 19.6. The summed E-state index contributed by atoms with van der Waals surface area (Å²) in [5.41, 5.74) is 3.71. The van der Waals surface area contributed by atoms with E-state index in [2.05, 4.69) is 21.3 Å². The number of hydrogen-bond acceptors (Lipinski definition) is 4. The lowest BCUT2D eigenvalue weighted by molar-refractivity contribution is -0.133. The standard InChI is InChI=1S/C23H28N4O2/c28-22(17-26-12-3-1-2-4-13-26)27-14-9-18-5-6-21(15-20(18)16-27)25-23(29)19-7-10-24-11-8-19/h5-8,10-11,15H,1-4,9,12-14,16-17H2,(H,25,29). The molecule has 2 aromatic rings. The molecule has 29 heavy (non-hydrogen) atoms. The minimum absolute atomic E-state index is 0.155. The van der Waals surface area contributed by atoms with Gasteiger partial charge in [-0.1, -0.05) is 18.9 Å². The Morgan fingerprint density at radius 1 is 0.931 bits per heavy atom. The van der Waals surface area contributed by atoms with Crippen molar-refractivity contribution in [3.8, 4) is 0 Å². The molecule has 0 aliphatic carbocycles. The zero-order chi connectivity index (χ0) is 20.1. The molecule has 2 aliphatic heterocycles. The number of rotatable bonds is 4. The number of amides is 2. The van der Waals surface area contributed by atoms with E-state index in [0.717, 1.165) is 37.3 Å². The first-order valence-corrected chi connectivity index (χ1v) is 10.5. The fourth-order valence-corrected chi connectivity index (χ4v) is 4.14. The highest BCUT2D eigenvalue weighted by atomic mass is 16.2. The molecule has 6 heteroatoms. The van der Waals surface area contributed by atoms with Gasteiger partial charge in [-0.3, -0.25) is 19.5 Å². The van der Waals surface area contributed by atoms with Gasteiger partial charge in [-0.15, -0.1) is 0 Å². The Kier molecular flexibility index (Phi) is 6.20. The number of pyridine rings is 1. The lowest BCUT2D eigenvalue weighted by Crippen LogP contribution is -2.43. The fraction of sp³-hybridized carbons (Fsp3) is 0.435. The Labute approximate surface area is 171 Å². The van der Waals surface area contributed by atoms with Crippen molar-refractivity contribution in [1.29, 1.82) is 0 Å². The monoisotopic (exact) mass is 392 g/mol. The number of likely N-dealkylation sites (tertiary alicyclic amines) is 1. The molecule has 0 saturated carbocycles. The van der Waals surface area contributed by atoms with Crippen LogP contribution in [-0.2, 0) is 17.8 Å². The van der Waals surface area contributed by atoms with E-state index in [1.54, 1.807) is 24.5 Å². The zero-order valence-electron chi connectivity index (χ0n) is 16.8. The SMILES string of the molecule is O=C(Nc1ccc2c(c1)CN(C(=O)CN1CCCCCC1)CC2)c1ccncc1. The van der Waals surface area contributed by atoms with Gasteiger partial charge in [-0.05, 0) is 67.7 Å². The number of carbonyl (C=O) groups is 2. The van der Waals surface area contributed by atoms with Gasteiger partial charge in [-0.25, -0.2) is 0 Å². The highest BCUT2D eigenvalue weighted by Crippen LogP contribution is 2.23. The summed E-state index contributed by atoms with van der Waals surface area (Å²) in [4.78, 5) is 33.4. The number of aromatic nitrogens is 1. The largest absolute Gasteiger partial charge is 0.337 e. The maximum Gasteiger partial charge on any atom is 0.255 e. The number of hydrogen-bond donors (Lipinski definition) is 1. The molecule has 0 unspecified atom stereocenters. The molecule has 0 bridgehead atoms. The van der Waals surface area contributed by atoms with Gasteiger partial charge in [0.25, 0.3) is 5.91 Å². The summed E-state index contributed by atoms with van der Waals surface area (Å²) in [5, 5.41) is 2.95. The lowest BCUT2D eigenvalue weighted by atomic mass is 9.99. The third kappa shape index (κ3) is 5.01. The van der Waals surface area contributed by atoms with E-state index in [1.165, 1.54) is 31.2 Å². The van der Waals surface area contributed by atoms with Crippen LogP contribution in [0.1, 0.15) is 47.2 Å². The second-order valence-corrected chi connectivity index (χ2v) is 7.93. The van der Waals surface area contributed by atoms with Gasteiger partial charge >= 0.3 is 0 Å². The van der Waals surface area contributed by atoms with Crippen LogP contribution < -0.4 is 5.32 Å². The molecule has 1 fully saturated rings. The molecule has 1 aromatic carbocycles. The predicted molar refractivity (Wildman–Crippen MR) is 113 cm³/mol. The van der Waals surface area contributed by atoms with E-state index in [9.17, 15) is 9.59 Å². The van der Waals surface area contributed by atoms with Crippen molar-refractivity contribution in [1.82, 2.24) is 14.8 Å². The van der Waals surface area contributed by atoms with Gasteiger partial charge in [0.15, 0.2) is 0 Å². The third-order valence-electron chi connectivity index (χ3n) is 5.83. The van der Waals surface area contributed by atoms with E-state index >= 15 is 0 Å². The summed E-state index contributed by atoms with van der Waals surface area (Å²) in [7, 11) is 0. The molecule has 4 rings (SSSR count). The number of carbonyl (C=O) groups excluding carboxylic acids is 2. The van der Waals surface area contributed by atoms with Gasteiger partial charge in [0.2, 0.25) is 5.91 Å². The van der Waals surface area contributed by atoms with Crippen LogP contribution in [0.4, 0.5) is 5.69 Å². The van der Waals surface area contributed by atoms with Crippen LogP contribution in [0.25, 0.3) is 0 Å². The molecule has 0 atom stereocenters. The molecule has 0 spiro atoms. The molecule has 1 saturated heterocycles. The normalized spacial score (nSPS) is 17.3. The van der Waals surface area contributed by atoms with Gasteiger partial charge in [0, 0.05) is 36.7 Å². The molecule has 1 aromatic heterocycles. The van der Waals surface area contributed by atoms with Crippen LogP contribution in [-0.4, -0.2) is 52.8 Å². The van der Waals surface area contributed by atoms with Crippen molar-refractivity contribution in [3.05, 3.63) is 59.4 Å². The van der Waals surface area contributed by atoms with Crippen LogP contribution >= 0.6 is 0 Å². The maximum atomic E-state index is 12.8. The first-order valence-electron chi connectivity index (χ1n) is 10.5. The highest BCUT2D eigenvalue weighted by molar-refractivity contribution is 6.04. The van der Waals surface area contributed by atoms with Crippen LogP contribution in [0.3, 0.4) is 0 Å². The second kappa shape index (κ2) is 9.18. The van der Waals surface area contributed by atoms with Crippen LogP contribution in [0.15, 0.2) is 42.7 Å². The van der Waals surface area contributed by atoms with Crippen molar-refractivity contribution < 1.29 is 9.59 Å². The quantitative estimate of drug-likeness (QED) is 0.868. The summed E-state index contributed by atoms with van der Waals surface area (Å²) in [5.74, 6) is 0.0565. The average molecular weight is 393 g/mol. The Morgan fingerprint density at radius 3 is 2.45 bits per heavy atom. The minimum Gasteiger partial charge on any atom is -0.337 e. The fourth-order valence-electron chi connectivity index (χ4n) is 4.14. The van der Waals surface area contributed by atoms with Crippen LogP contribution in [0, 0.1) is 0 Å². The molecule has 3 heterocycles. The topological polar surface area (TPSA) is 65.5 Å². The van der Waals surface area contributed by atoms with Gasteiger partial charge < -0.3 is 10.2 Å². The Hall–Kier alpha value is -2.73. The van der Waals surface area contributed by atoms with E-state index in [1.807, 2.05) is 17.0 Å². The summed E-state index contributed by atoms with van der Waals surface area (Å²) >= 11 is 0. The van der Waals surface area contributed by atoms with Crippen LogP contribution in [0.2, 0.25) is 0 Å². The Bertz CT molecular complexity index is 860. The summed E-state index contributed by atoms with van der Waals surface area (Å²) < 4.78 is 0. The van der Waals surface area contributed by atoms with Gasteiger partial charge in [-0.2, -0.15) is 0 Å². The molecular formula is C23H28N4O2. The number of nitrogens with one attached hydrogen (secondary N) is 1. The third-order valence-corrected chi connectivity index (χ3v) is 5.83. The number of fused-ring (bicyclic) bond motifs is 1. The molecule has 152 valence electrons. The number of anilines is 1. The molecule has 2 amide bonds. The molecular weight excluding hydrogens is 364 g/mol. The average Bonchev–Trinajstić information content (AvgIpc) is 3.02. The van der Waals surface area contributed by atoms with Gasteiger partial charge in [0.05, 0.1) is 6.54 Å². The smallest absolute Gasteiger partial charge is 0.255 e. The second-order valence-electron chi connectivity index (χ2n) is 7.93. The predicted octanol–water partition coefficient (Wildman–Crippen LogP) is 3.09.